The van der Waals surface area contributed by atoms with Crippen LogP contribution in [0.3, 0.4) is 0 Å². The number of benzene rings is 1. The molecule has 3 rings (SSSR count). The number of fused-ring (bicyclic) bond motifs is 1. The van der Waals surface area contributed by atoms with Crippen LogP contribution in [0.5, 0.6) is 0 Å². The third-order valence-corrected chi connectivity index (χ3v) is 3.86. The van der Waals surface area contributed by atoms with E-state index in [-0.39, 0.29) is 0 Å². The quantitative estimate of drug-likeness (QED) is 0.794. The number of anilines is 2. The van der Waals surface area contributed by atoms with E-state index >= 15 is 0 Å². The van der Waals surface area contributed by atoms with Gasteiger partial charge in [-0.05, 0) is 37.8 Å². The molecule has 1 aromatic carbocycles. The monoisotopic (exact) mass is 232 g/mol. The Balaban J connectivity index is 1.75. The fraction of sp³-hybridized carbons (Fsp3) is 0.571. The maximum absolute atomic E-state index is 6.08. The number of para-hydroxylation sites is 1. The summed E-state index contributed by atoms with van der Waals surface area (Å²) in [5, 5.41) is 0. The highest BCUT2D eigenvalue weighted by Crippen LogP contribution is 2.34. The van der Waals surface area contributed by atoms with Gasteiger partial charge in [0.25, 0.3) is 0 Å². The summed E-state index contributed by atoms with van der Waals surface area (Å²) in [6, 6.07) is 6.23. The molecule has 2 aliphatic heterocycles. The molecule has 0 aromatic heterocycles. The zero-order chi connectivity index (χ0) is 11.8. The van der Waals surface area contributed by atoms with Crippen molar-refractivity contribution in [1.82, 2.24) is 0 Å². The van der Waals surface area contributed by atoms with E-state index in [1.165, 1.54) is 24.1 Å². The first-order valence-electron chi connectivity index (χ1n) is 6.52. The molecule has 2 atom stereocenters. The van der Waals surface area contributed by atoms with Gasteiger partial charge in [-0.15, -0.1) is 0 Å². The second kappa shape index (κ2) is 4.22. The van der Waals surface area contributed by atoms with Gasteiger partial charge in [-0.3, -0.25) is 0 Å². The van der Waals surface area contributed by atoms with Gasteiger partial charge in [-0.1, -0.05) is 12.1 Å². The lowest BCUT2D eigenvalue weighted by molar-refractivity contribution is 0.0603. The van der Waals surface area contributed by atoms with Gasteiger partial charge in [0.15, 0.2) is 0 Å². The van der Waals surface area contributed by atoms with Gasteiger partial charge in [0.2, 0.25) is 0 Å². The molecule has 92 valence electrons. The SMILES string of the molecule is CC1CCC(CN2CCc3cccc(N)c32)O1. The summed E-state index contributed by atoms with van der Waals surface area (Å²) in [4.78, 5) is 2.40. The molecule has 1 aromatic rings. The Bertz CT molecular complexity index is 419. The van der Waals surface area contributed by atoms with E-state index in [4.69, 9.17) is 10.5 Å². The number of nitrogens with two attached hydrogens (primary N) is 1. The van der Waals surface area contributed by atoms with Crippen LogP contribution < -0.4 is 10.6 Å². The van der Waals surface area contributed by atoms with Crippen LogP contribution in [0.4, 0.5) is 11.4 Å². The topological polar surface area (TPSA) is 38.5 Å². The number of ether oxygens (including phenoxy) is 1. The molecule has 0 spiro atoms. The van der Waals surface area contributed by atoms with Crippen LogP contribution in [0.2, 0.25) is 0 Å². The van der Waals surface area contributed by atoms with Gasteiger partial charge >= 0.3 is 0 Å². The highest BCUT2D eigenvalue weighted by Gasteiger charge is 2.28. The molecule has 0 saturated carbocycles. The highest BCUT2D eigenvalue weighted by molar-refractivity contribution is 5.74. The molecule has 0 radical (unpaired) electrons. The predicted molar refractivity (Wildman–Crippen MR) is 70.3 cm³/mol. The van der Waals surface area contributed by atoms with Crippen molar-refractivity contribution in [2.45, 2.75) is 38.4 Å². The Morgan fingerprint density at radius 3 is 3.06 bits per heavy atom. The zero-order valence-corrected chi connectivity index (χ0v) is 10.4. The predicted octanol–water partition coefficient (Wildman–Crippen LogP) is 2.20. The molecule has 0 bridgehead atoms. The molecule has 17 heavy (non-hydrogen) atoms. The third-order valence-electron chi connectivity index (χ3n) is 3.86. The normalized spacial score (nSPS) is 27.5. The first kappa shape index (κ1) is 10.9. The van der Waals surface area contributed by atoms with Gasteiger partial charge in [0.1, 0.15) is 0 Å². The van der Waals surface area contributed by atoms with Crippen LogP contribution >= 0.6 is 0 Å². The number of hydrogen-bond acceptors (Lipinski definition) is 3. The minimum atomic E-state index is 0.385. The summed E-state index contributed by atoms with van der Waals surface area (Å²) in [7, 11) is 0. The molecule has 0 amide bonds. The fourth-order valence-corrected chi connectivity index (χ4v) is 3.01. The maximum Gasteiger partial charge on any atom is 0.0754 e. The molecular formula is C14H20N2O. The van der Waals surface area contributed by atoms with E-state index in [1.807, 2.05) is 12.1 Å². The van der Waals surface area contributed by atoms with Crippen molar-refractivity contribution in [1.29, 1.82) is 0 Å². The van der Waals surface area contributed by atoms with E-state index in [9.17, 15) is 0 Å². The van der Waals surface area contributed by atoms with Crippen LogP contribution in [-0.4, -0.2) is 25.3 Å². The Morgan fingerprint density at radius 2 is 2.29 bits per heavy atom. The molecule has 2 heterocycles. The van der Waals surface area contributed by atoms with Gasteiger partial charge in [0, 0.05) is 13.1 Å². The number of nitrogen functional groups attached to an aromatic ring is 1. The molecule has 3 nitrogen and oxygen atoms in total. The Morgan fingerprint density at radius 1 is 1.41 bits per heavy atom. The van der Waals surface area contributed by atoms with Crippen molar-refractivity contribution >= 4 is 11.4 Å². The van der Waals surface area contributed by atoms with Crippen molar-refractivity contribution in [3.8, 4) is 0 Å². The molecule has 1 fully saturated rings. The van der Waals surface area contributed by atoms with Crippen LogP contribution in [0, 0.1) is 0 Å². The number of nitrogens with zero attached hydrogens (tertiary/aromatic N) is 1. The maximum atomic E-state index is 6.08. The van der Waals surface area contributed by atoms with E-state index < -0.39 is 0 Å². The van der Waals surface area contributed by atoms with Crippen LogP contribution in [0.15, 0.2) is 18.2 Å². The van der Waals surface area contributed by atoms with Crippen LogP contribution in [0.25, 0.3) is 0 Å². The molecule has 2 unspecified atom stereocenters. The van der Waals surface area contributed by atoms with Crippen molar-refractivity contribution < 1.29 is 4.74 Å². The smallest absolute Gasteiger partial charge is 0.0754 e. The van der Waals surface area contributed by atoms with Gasteiger partial charge in [-0.25, -0.2) is 0 Å². The first-order chi connectivity index (χ1) is 8.24. The highest BCUT2D eigenvalue weighted by atomic mass is 16.5. The van der Waals surface area contributed by atoms with E-state index in [1.54, 1.807) is 0 Å². The molecule has 0 aliphatic carbocycles. The Hall–Kier alpha value is -1.22. The zero-order valence-electron chi connectivity index (χ0n) is 10.4. The second-order valence-corrected chi connectivity index (χ2v) is 5.20. The number of hydrogen-bond donors (Lipinski definition) is 1. The van der Waals surface area contributed by atoms with Crippen LogP contribution in [-0.2, 0) is 11.2 Å². The summed E-state index contributed by atoms with van der Waals surface area (Å²) >= 11 is 0. The van der Waals surface area contributed by atoms with Crippen molar-refractivity contribution in [3.63, 3.8) is 0 Å². The third kappa shape index (κ3) is 2.00. The van der Waals surface area contributed by atoms with E-state index in [0.29, 0.717) is 12.2 Å². The first-order valence-corrected chi connectivity index (χ1v) is 6.52. The summed E-state index contributed by atoms with van der Waals surface area (Å²) in [6.45, 7) is 4.23. The van der Waals surface area contributed by atoms with E-state index in [2.05, 4.69) is 17.9 Å². The summed E-state index contributed by atoms with van der Waals surface area (Å²) in [5.41, 5.74) is 9.62. The van der Waals surface area contributed by atoms with Crippen LogP contribution in [0.1, 0.15) is 25.3 Å². The lowest BCUT2D eigenvalue weighted by atomic mass is 10.1. The molecule has 3 heteroatoms. The minimum absolute atomic E-state index is 0.385. The molecular weight excluding hydrogens is 212 g/mol. The van der Waals surface area contributed by atoms with Gasteiger partial charge in [-0.2, -0.15) is 0 Å². The minimum Gasteiger partial charge on any atom is -0.397 e. The average molecular weight is 232 g/mol. The second-order valence-electron chi connectivity index (χ2n) is 5.20. The lowest BCUT2D eigenvalue weighted by Gasteiger charge is -2.24. The van der Waals surface area contributed by atoms with Crippen molar-refractivity contribution in [2.24, 2.45) is 0 Å². The summed E-state index contributed by atoms with van der Waals surface area (Å²) in [5.74, 6) is 0. The molecule has 1 saturated heterocycles. The average Bonchev–Trinajstić information content (AvgIpc) is 2.88. The Kier molecular flexibility index (Phi) is 2.71. The standard InChI is InChI=1S/C14H20N2O/c1-10-5-6-12(17-10)9-16-8-7-11-3-2-4-13(15)14(11)16/h2-4,10,12H,5-9,15H2,1H3. The molecule has 2 N–H and O–H groups in total. The lowest BCUT2D eigenvalue weighted by Crippen LogP contribution is -2.31. The largest absolute Gasteiger partial charge is 0.397 e. The fourth-order valence-electron chi connectivity index (χ4n) is 3.01. The molecule has 2 aliphatic rings. The Labute approximate surface area is 103 Å². The summed E-state index contributed by atoms with van der Waals surface area (Å²) < 4.78 is 5.90. The van der Waals surface area contributed by atoms with Crippen molar-refractivity contribution in [2.75, 3.05) is 23.7 Å². The summed E-state index contributed by atoms with van der Waals surface area (Å²) in [6.07, 6.45) is 4.30. The van der Waals surface area contributed by atoms with Gasteiger partial charge < -0.3 is 15.4 Å². The van der Waals surface area contributed by atoms with E-state index in [0.717, 1.165) is 25.2 Å². The van der Waals surface area contributed by atoms with Gasteiger partial charge in [0.05, 0.1) is 23.6 Å². The number of rotatable bonds is 2. The van der Waals surface area contributed by atoms with Crippen molar-refractivity contribution in [3.05, 3.63) is 23.8 Å².